The summed E-state index contributed by atoms with van der Waals surface area (Å²) in [5.41, 5.74) is 2.91. The lowest BCUT2D eigenvalue weighted by Gasteiger charge is -2.17. The number of rotatable bonds is 6. The average molecular weight is 391 g/mol. The number of methoxy groups -OCH3 is 1. The van der Waals surface area contributed by atoms with E-state index in [1.54, 1.807) is 26.2 Å². The molecule has 1 saturated heterocycles. The van der Waals surface area contributed by atoms with E-state index in [0.717, 1.165) is 37.2 Å². The molecule has 7 nitrogen and oxygen atoms in total. The summed E-state index contributed by atoms with van der Waals surface area (Å²) >= 11 is 0. The average Bonchev–Trinajstić information content (AvgIpc) is 3.16. The van der Waals surface area contributed by atoms with Crippen molar-refractivity contribution in [3.05, 3.63) is 40.7 Å². The van der Waals surface area contributed by atoms with Crippen LogP contribution in [0.15, 0.2) is 23.1 Å². The predicted molar refractivity (Wildman–Crippen MR) is 105 cm³/mol. The summed E-state index contributed by atoms with van der Waals surface area (Å²) in [6.45, 7) is 7.50. The van der Waals surface area contributed by atoms with Gasteiger partial charge < -0.3 is 9.64 Å². The van der Waals surface area contributed by atoms with Crippen molar-refractivity contribution in [1.82, 2.24) is 14.7 Å². The number of anilines is 1. The van der Waals surface area contributed by atoms with Crippen LogP contribution >= 0.6 is 0 Å². The van der Waals surface area contributed by atoms with Gasteiger partial charge >= 0.3 is 0 Å². The first-order chi connectivity index (χ1) is 12.8. The van der Waals surface area contributed by atoms with Crippen LogP contribution in [0, 0.1) is 20.8 Å². The maximum atomic E-state index is 12.8. The molecular formula is C19H26N4O3S. The second-order valence-electron chi connectivity index (χ2n) is 6.91. The Morgan fingerprint density at radius 1 is 1.07 bits per heavy atom. The van der Waals surface area contributed by atoms with Crippen molar-refractivity contribution in [2.75, 3.05) is 25.1 Å². The van der Waals surface area contributed by atoms with E-state index in [0.29, 0.717) is 23.0 Å². The van der Waals surface area contributed by atoms with E-state index in [1.165, 1.54) is 0 Å². The van der Waals surface area contributed by atoms with E-state index in [9.17, 15) is 8.42 Å². The van der Waals surface area contributed by atoms with Crippen LogP contribution < -0.4 is 14.4 Å². The van der Waals surface area contributed by atoms with Crippen molar-refractivity contribution in [3.63, 3.8) is 0 Å². The molecule has 0 aliphatic carbocycles. The Kier molecular flexibility index (Phi) is 5.67. The summed E-state index contributed by atoms with van der Waals surface area (Å²) in [4.78, 5) is 11.4. The first-order valence-corrected chi connectivity index (χ1v) is 10.5. The van der Waals surface area contributed by atoms with E-state index < -0.39 is 10.0 Å². The number of sulfonamides is 1. The highest BCUT2D eigenvalue weighted by Gasteiger charge is 2.20. The minimum absolute atomic E-state index is 0.122. The molecule has 27 heavy (non-hydrogen) atoms. The zero-order valence-corrected chi connectivity index (χ0v) is 17.1. The molecule has 1 aromatic carbocycles. The number of aryl methyl sites for hydroxylation is 3. The van der Waals surface area contributed by atoms with Crippen molar-refractivity contribution < 1.29 is 13.2 Å². The van der Waals surface area contributed by atoms with Gasteiger partial charge in [0.05, 0.1) is 24.2 Å². The SMILES string of the molecule is COc1cc(C)c(S(=O)(=O)NCc2cc(C)nc(N3CCCC3)n2)cc1C. The Bertz CT molecular complexity index is 938. The normalized spacial score (nSPS) is 14.6. The minimum atomic E-state index is -3.66. The number of aromatic nitrogens is 2. The van der Waals surface area contributed by atoms with Crippen LogP contribution in [0.2, 0.25) is 0 Å². The zero-order valence-electron chi connectivity index (χ0n) is 16.2. The summed E-state index contributed by atoms with van der Waals surface area (Å²) in [5.74, 6) is 1.35. The van der Waals surface area contributed by atoms with E-state index in [-0.39, 0.29) is 11.4 Å². The highest BCUT2D eigenvalue weighted by Crippen LogP contribution is 2.25. The lowest BCUT2D eigenvalue weighted by Crippen LogP contribution is -2.26. The molecule has 2 heterocycles. The molecule has 0 atom stereocenters. The van der Waals surface area contributed by atoms with Crippen LogP contribution in [0.5, 0.6) is 5.75 Å². The van der Waals surface area contributed by atoms with Crippen LogP contribution in [0.1, 0.15) is 35.4 Å². The van der Waals surface area contributed by atoms with Crippen molar-refractivity contribution >= 4 is 16.0 Å². The lowest BCUT2D eigenvalue weighted by molar-refractivity contribution is 0.411. The molecule has 0 radical (unpaired) electrons. The van der Waals surface area contributed by atoms with Crippen molar-refractivity contribution in [1.29, 1.82) is 0 Å². The summed E-state index contributed by atoms with van der Waals surface area (Å²) in [7, 11) is -2.09. The third kappa shape index (κ3) is 4.39. The van der Waals surface area contributed by atoms with Gasteiger partial charge in [0.15, 0.2) is 0 Å². The number of hydrogen-bond donors (Lipinski definition) is 1. The monoisotopic (exact) mass is 390 g/mol. The van der Waals surface area contributed by atoms with Crippen molar-refractivity contribution in [3.8, 4) is 5.75 Å². The first-order valence-electron chi connectivity index (χ1n) is 9.04. The largest absolute Gasteiger partial charge is 0.496 e. The number of nitrogens with zero attached hydrogens (tertiary/aromatic N) is 3. The highest BCUT2D eigenvalue weighted by atomic mass is 32.2. The Hall–Kier alpha value is -2.19. The highest BCUT2D eigenvalue weighted by molar-refractivity contribution is 7.89. The van der Waals surface area contributed by atoms with Gasteiger partial charge in [-0.1, -0.05) is 0 Å². The number of nitrogens with one attached hydrogen (secondary N) is 1. The maximum absolute atomic E-state index is 12.8. The van der Waals surface area contributed by atoms with Crippen LogP contribution in [0.4, 0.5) is 5.95 Å². The zero-order chi connectivity index (χ0) is 19.6. The Labute approximate surface area is 160 Å². The van der Waals surface area contributed by atoms with Crippen LogP contribution in [0.25, 0.3) is 0 Å². The van der Waals surface area contributed by atoms with Crippen LogP contribution in [-0.2, 0) is 16.6 Å². The maximum Gasteiger partial charge on any atom is 0.241 e. The Balaban J connectivity index is 1.81. The minimum Gasteiger partial charge on any atom is -0.496 e. The van der Waals surface area contributed by atoms with Gasteiger partial charge in [-0.3, -0.25) is 0 Å². The van der Waals surface area contributed by atoms with Gasteiger partial charge in [0.25, 0.3) is 0 Å². The fourth-order valence-electron chi connectivity index (χ4n) is 3.29. The molecule has 0 bridgehead atoms. The van der Waals surface area contributed by atoms with E-state index in [4.69, 9.17) is 4.74 Å². The fraction of sp³-hybridized carbons (Fsp3) is 0.474. The number of benzene rings is 1. The second kappa shape index (κ2) is 7.82. The van der Waals surface area contributed by atoms with Crippen molar-refractivity contribution in [2.24, 2.45) is 0 Å². The molecule has 1 aliphatic heterocycles. The molecule has 1 fully saturated rings. The van der Waals surface area contributed by atoms with Crippen LogP contribution in [-0.4, -0.2) is 38.6 Å². The Morgan fingerprint density at radius 2 is 1.78 bits per heavy atom. The summed E-state index contributed by atoms with van der Waals surface area (Å²) in [6.07, 6.45) is 2.27. The van der Waals surface area contributed by atoms with Gasteiger partial charge in [-0.15, -0.1) is 0 Å². The molecule has 0 spiro atoms. The van der Waals surface area contributed by atoms with Gasteiger partial charge in [0, 0.05) is 18.8 Å². The van der Waals surface area contributed by atoms with Gasteiger partial charge in [-0.25, -0.2) is 23.1 Å². The molecule has 1 N–H and O–H groups in total. The lowest BCUT2D eigenvalue weighted by atomic mass is 10.1. The van der Waals surface area contributed by atoms with E-state index >= 15 is 0 Å². The fourth-order valence-corrected chi connectivity index (χ4v) is 4.59. The van der Waals surface area contributed by atoms with Gasteiger partial charge in [-0.05, 0) is 62.9 Å². The molecular weight excluding hydrogens is 364 g/mol. The molecule has 0 amide bonds. The molecule has 3 rings (SSSR count). The molecule has 1 aliphatic rings. The molecule has 146 valence electrons. The molecule has 2 aromatic rings. The van der Waals surface area contributed by atoms with Gasteiger partial charge in [-0.2, -0.15) is 0 Å². The molecule has 0 saturated carbocycles. The quantitative estimate of drug-likeness (QED) is 0.816. The third-order valence-electron chi connectivity index (χ3n) is 4.71. The summed E-state index contributed by atoms with van der Waals surface area (Å²) in [5, 5.41) is 0. The summed E-state index contributed by atoms with van der Waals surface area (Å²) < 4.78 is 33.5. The standard InChI is InChI=1S/C19H26N4O3S/c1-13-10-18(14(2)9-17(13)26-4)27(24,25)20-12-16-11-15(3)21-19(22-16)23-7-5-6-8-23/h9-11,20H,5-8,12H2,1-4H3. The molecule has 0 unspecified atom stereocenters. The van der Waals surface area contributed by atoms with E-state index in [1.807, 2.05) is 19.9 Å². The smallest absolute Gasteiger partial charge is 0.241 e. The topological polar surface area (TPSA) is 84.4 Å². The second-order valence-corrected chi connectivity index (χ2v) is 8.64. The number of ether oxygens (including phenoxy) is 1. The van der Waals surface area contributed by atoms with E-state index in [2.05, 4.69) is 19.6 Å². The van der Waals surface area contributed by atoms with Crippen LogP contribution in [0.3, 0.4) is 0 Å². The summed E-state index contributed by atoms with van der Waals surface area (Å²) in [6, 6.07) is 5.19. The first kappa shape index (κ1) is 19.6. The third-order valence-corrected chi connectivity index (χ3v) is 6.25. The molecule has 1 aromatic heterocycles. The predicted octanol–water partition coefficient (Wildman–Crippen LogP) is 2.49. The molecule has 8 heteroatoms. The number of hydrogen-bond acceptors (Lipinski definition) is 6. The Morgan fingerprint density at radius 3 is 2.44 bits per heavy atom. The van der Waals surface area contributed by atoms with Crippen molar-refractivity contribution in [2.45, 2.75) is 45.1 Å². The van der Waals surface area contributed by atoms with Gasteiger partial charge in [0.1, 0.15) is 5.75 Å². The van der Waals surface area contributed by atoms with Gasteiger partial charge in [0.2, 0.25) is 16.0 Å².